The van der Waals surface area contributed by atoms with Gasteiger partial charge in [-0.1, -0.05) is 35.0 Å². The zero-order valence-corrected chi connectivity index (χ0v) is 14.8. The molecule has 112 valence electrons. The van der Waals surface area contributed by atoms with Crippen molar-refractivity contribution in [1.82, 2.24) is 5.32 Å². The van der Waals surface area contributed by atoms with Crippen LogP contribution in [0, 0.1) is 5.82 Å². The molecule has 0 heterocycles. The van der Waals surface area contributed by atoms with Crippen molar-refractivity contribution in [3.8, 4) is 5.75 Å². The summed E-state index contributed by atoms with van der Waals surface area (Å²) >= 11 is 6.71. The first kappa shape index (κ1) is 16.5. The molecule has 21 heavy (non-hydrogen) atoms. The van der Waals surface area contributed by atoms with E-state index in [-0.39, 0.29) is 5.82 Å². The molecule has 2 nitrogen and oxygen atoms in total. The Balaban J connectivity index is 2.01. The summed E-state index contributed by atoms with van der Waals surface area (Å²) in [6, 6.07) is 10.8. The largest absolute Gasteiger partial charge is 0.489 e. The van der Waals surface area contributed by atoms with Crippen molar-refractivity contribution < 1.29 is 9.13 Å². The summed E-state index contributed by atoms with van der Waals surface area (Å²) in [5.74, 6) is 0.336. The van der Waals surface area contributed by atoms with E-state index in [1.165, 1.54) is 11.6 Å². The summed E-state index contributed by atoms with van der Waals surface area (Å²) in [6.07, 6.45) is 0. The van der Waals surface area contributed by atoms with Crippen LogP contribution in [0.1, 0.15) is 18.1 Å². The quantitative estimate of drug-likeness (QED) is 0.712. The van der Waals surface area contributed by atoms with Crippen LogP contribution >= 0.6 is 31.9 Å². The van der Waals surface area contributed by atoms with Gasteiger partial charge in [-0.05, 0) is 52.3 Å². The number of hydrogen-bond acceptors (Lipinski definition) is 2. The first-order chi connectivity index (χ1) is 10.1. The van der Waals surface area contributed by atoms with Gasteiger partial charge in [-0.25, -0.2) is 4.39 Å². The van der Waals surface area contributed by atoms with Crippen LogP contribution in [-0.4, -0.2) is 6.54 Å². The van der Waals surface area contributed by atoms with Crippen LogP contribution in [0.15, 0.2) is 45.3 Å². The molecular formula is C16H16Br2FNO. The minimum absolute atomic E-state index is 0.295. The molecule has 0 saturated heterocycles. The van der Waals surface area contributed by atoms with Gasteiger partial charge in [0.25, 0.3) is 0 Å². The lowest BCUT2D eigenvalue weighted by molar-refractivity contribution is 0.304. The molecule has 0 amide bonds. The van der Waals surface area contributed by atoms with Crippen LogP contribution in [0.5, 0.6) is 5.75 Å². The van der Waals surface area contributed by atoms with Crippen molar-refractivity contribution in [3.05, 3.63) is 62.3 Å². The minimum Gasteiger partial charge on any atom is -0.489 e. The molecule has 5 heteroatoms. The van der Waals surface area contributed by atoms with Crippen LogP contribution in [0.4, 0.5) is 4.39 Å². The smallest absolute Gasteiger partial charge is 0.137 e. The molecule has 2 rings (SSSR count). The highest BCUT2D eigenvalue weighted by Crippen LogP contribution is 2.24. The second kappa shape index (κ2) is 7.92. The molecule has 0 aromatic heterocycles. The lowest BCUT2D eigenvalue weighted by atomic mass is 10.1. The first-order valence-corrected chi connectivity index (χ1v) is 8.24. The summed E-state index contributed by atoms with van der Waals surface area (Å²) in [4.78, 5) is 0. The molecular weight excluding hydrogens is 401 g/mol. The van der Waals surface area contributed by atoms with E-state index in [1.54, 1.807) is 12.1 Å². The molecule has 0 atom stereocenters. The Morgan fingerprint density at radius 3 is 2.57 bits per heavy atom. The van der Waals surface area contributed by atoms with Gasteiger partial charge in [-0.2, -0.15) is 0 Å². The second-order valence-corrected chi connectivity index (χ2v) is 6.28. The van der Waals surface area contributed by atoms with Crippen LogP contribution in [0.3, 0.4) is 0 Å². The van der Waals surface area contributed by atoms with Gasteiger partial charge in [-0.3, -0.25) is 0 Å². The predicted molar refractivity (Wildman–Crippen MR) is 90.0 cm³/mol. The third-order valence-electron chi connectivity index (χ3n) is 2.98. The Morgan fingerprint density at radius 1 is 1.10 bits per heavy atom. The first-order valence-electron chi connectivity index (χ1n) is 6.66. The molecule has 0 aliphatic rings. The van der Waals surface area contributed by atoms with Gasteiger partial charge in [-0.15, -0.1) is 0 Å². The fourth-order valence-corrected chi connectivity index (χ4v) is 2.71. The summed E-state index contributed by atoms with van der Waals surface area (Å²) in [5.41, 5.74) is 2.27. The monoisotopic (exact) mass is 415 g/mol. The van der Waals surface area contributed by atoms with Gasteiger partial charge in [0, 0.05) is 16.6 Å². The Labute approximate surface area is 141 Å². The number of benzene rings is 2. The molecule has 0 fully saturated rings. The lowest BCUT2D eigenvalue weighted by Crippen LogP contribution is -2.11. The maximum atomic E-state index is 13.2. The molecule has 2 aromatic rings. The molecule has 1 N–H and O–H groups in total. The number of hydrogen-bond donors (Lipinski definition) is 1. The Hall–Kier alpha value is -0.910. The van der Waals surface area contributed by atoms with Gasteiger partial charge in [0.1, 0.15) is 18.2 Å². The fourth-order valence-electron chi connectivity index (χ4n) is 1.81. The highest BCUT2D eigenvalue weighted by atomic mass is 79.9. The molecule has 0 radical (unpaired) electrons. The SMILES string of the molecule is CCNCc1ccc(COc2ccc(F)c(Br)c2)c(Br)c1. The third kappa shape index (κ3) is 4.80. The number of ether oxygens (including phenoxy) is 1. The maximum absolute atomic E-state index is 13.2. The van der Waals surface area contributed by atoms with Gasteiger partial charge in [0.05, 0.1) is 4.47 Å². The highest BCUT2D eigenvalue weighted by molar-refractivity contribution is 9.10. The van der Waals surface area contributed by atoms with Crippen molar-refractivity contribution in [1.29, 1.82) is 0 Å². The van der Waals surface area contributed by atoms with Crippen LogP contribution in [0.2, 0.25) is 0 Å². The lowest BCUT2D eigenvalue weighted by Gasteiger charge is -2.10. The van der Waals surface area contributed by atoms with Crippen LogP contribution in [-0.2, 0) is 13.2 Å². The Morgan fingerprint density at radius 2 is 1.90 bits per heavy atom. The van der Waals surface area contributed by atoms with Crippen LogP contribution < -0.4 is 10.1 Å². The highest BCUT2D eigenvalue weighted by Gasteiger charge is 2.05. The van der Waals surface area contributed by atoms with Gasteiger partial charge in [0.2, 0.25) is 0 Å². The number of rotatable bonds is 6. The fraction of sp³-hybridized carbons (Fsp3) is 0.250. The van der Waals surface area contributed by atoms with E-state index in [1.807, 2.05) is 6.07 Å². The summed E-state index contributed by atoms with van der Waals surface area (Å²) in [6.45, 7) is 4.31. The van der Waals surface area contributed by atoms with E-state index in [0.29, 0.717) is 16.8 Å². The zero-order chi connectivity index (χ0) is 15.2. The Bertz CT molecular complexity index is 619. The van der Waals surface area contributed by atoms with Gasteiger partial charge in [0.15, 0.2) is 0 Å². The molecule has 0 aliphatic heterocycles. The van der Waals surface area contributed by atoms with Crippen molar-refractivity contribution in [3.63, 3.8) is 0 Å². The third-order valence-corrected chi connectivity index (χ3v) is 4.33. The van der Waals surface area contributed by atoms with Crippen molar-refractivity contribution in [2.45, 2.75) is 20.1 Å². The predicted octanol–water partition coefficient (Wildman–Crippen LogP) is 5.04. The van der Waals surface area contributed by atoms with Crippen molar-refractivity contribution in [2.75, 3.05) is 6.54 Å². The zero-order valence-electron chi connectivity index (χ0n) is 11.6. The van der Waals surface area contributed by atoms with E-state index in [9.17, 15) is 4.39 Å². The molecule has 0 unspecified atom stereocenters. The number of nitrogens with one attached hydrogen (secondary N) is 1. The minimum atomic E-state index is -0.295. The van der Waals surface area contributed by atoms with E-state index >= 15 is 0 Å². The van der Waals surface area contributed by atoms with Crippen molar-refractivity contribution in [2.24, 2.45) is 0 Å². The average molecular weight is 417 g/mol. The van der Waals surface area contributed by atoms with Gasteiger partial charge >= 0.3 is 0 Å². The molecule has 0 bridgehead atoms. The topological polar surface area (TPSA) is 21.3 Å². The standard InChI is InChI=1S/C16H16Br2FNO/c1-2-20-9-11-3-4-12(14(17)7-11)10-21-13-5-6-16(19)15(18)8-13/h3-8,20H,2,9-10H2,1H3. The molecule has 0 saturated carbocycles. The van der Waals surface area contributed by atoms with E-state index in [4.69, 9.17) is 4.74 Å². The summed E-state index contributed by atoms with van der Waals surface area (Å²) in [5, 5.41) is 3.29. The van der Waals surface area contributed by atoms with E-state index in [2.05, 4.69) is 56.2 Å². The molecule has 2 aromatic carbocycles. The normalized spacial score (nSPS) is 10.7. The van der Waals surface area contributed by atoms with Crippen LogP contribution in [0.25, 0.3) is 0 Å². The summed E-state index contributed by atoms with van der Waals surface area (Å²) < 4.78 is 20.3. The number of halogens is 3. The Kier molecular flexibility index (Phi) is 6.21. The second-order valence-electron chi connectivity index (χ2n) is 4.57. The maximum Gasteiger partial charge on any atom is 0.137 e. The van der Waals surface area contributed by atoms with Gasteiger partial charge < -0.3 is 10.1 Å². The molecule has 0 aliphatic carbocycles. The molecule has 0 spiro atoms. The van der Waals surface area contributed by atoms with Crippen molar-refractivity contribution >= 4 is 31.9 Å². The average Bonchev–Trinajstić information content (AvgIpc) is 2.47. The summed E-state index contributed by atoms with van der Waals surface area (Å²) in [7, 11) is 0. The van der Waals surface area contributed by atoms with E-state index in [0.717, 1.165) is 23.1 Å². The van der Waals surface area contributed by atoms with E-state index < -0.39 is 0 Å².